The van der Waals surface area contributed by atoms with Crippen molar-refractivity contribution in [1.29, 1.82) is 0 Å². The summed E-state index contributed by atoms with van der Waals surface area (Å²) in [4.78, 5) is 11.3. The number of nitrogens with one attached hydrogen (secondary N) is 1. The van der Waals surface area contributed by atoms with Crippen LogP contribution >= 0.6 is 0 Å². The summed E-state index contributed by atoms with van der Waals surface area (Å²) in [5, 5.41) is 12.1. The molecule has 0 spiro atoms. The summed E-state index contributed by atoms with van der Waals surface area (Å²) < 4.78 is 0. The predicted octanol–water partition coefficient (Wildman–Crippen LogP) is 0.529. The van der Waals surface area contributed by atoms with Gasteiger partial charge in [-0.1, -0.05) is 6.92 Å². The molecule has 2 N–H and O–H groups in total. The van der Waals surface area contributed by atoms with Crippen LogP contribution in [0.5, 0.6) is 0 Å². The molecule has 1 aliphatic heterocycles. The molecule has 3 unspecified atom stereocenters. The number of hydrogen-bond donors (Lipinski definition) is 2. The maximum absolute atomic E-state index is 11.3. The molecule has 3 heteroatoms. The average Bonchev–Trinajstić information content (AvgIpc) is 2.04. The van der Waals surface area contributed by atoms with Crippen LogP contribution in [0.4, 0.5) is 0 Å². The zero-order valence-corrected chi connectivity index (χ0v) is 7.71. The van der Waals surface area contributed by atoms with E-state index in [0.717, 1.165) is 19.4 Å². The molecular weight excluding hydrogens is 154 g/mol. The number of carbonyl (C=O) groups is 1. The van der Waals surface area contributed by atoms with Crippen molar-refractivity contribution in [2.75, 3.05) is 6.54 Å². The normalized spacial score (nSPS) is 29.2. The van der Waals surface area contributed by atoms with Gasteiger partial charge in [0.15, 0.2) is 0 Å². The molecule has 0 aromatic rings. The molecule has 1 rings (SSSR count). The molecule has 1 heterocycles. The van der Waals surface area contributed by atoms with Gasteiger partial charge in [-0.2, -0.15) is 0 Å². The van der Waals surface area contributed by atoms with Gasteiger partial charge in [0.2, 0.25) is 5.91 Å². The quantitative estimate of drug-likeness (QED) is 0.636. The zero-order chi connectivity index (χ0) is 9.14. The second-order valence-electron chi connectivity index (χ2n) is 3.64. The Bertz CT molecular complexity index is 168. The zero-order valence-electron chi connectivity index (χ0n) is 7.71. The third-order valence-electron chi connectivity index (χ3n) is 2.72. The van der Waals surface area contributed by atoms with E-state index in [9.17, 15) is 9.90 Å². The van der Waals surface area contributed by atoms with Crippen LogP contribution in [-0.2, 0) is 4.79 Å². The number of rotatable bonds is 2. The molecule has 0 bridgehead atoms. The third kappa shape index (κ3) is 1.97. The van der Waals surface area contributed by atoms with E-state index in [1.165, 1.54) is 0 Å². The lowest BCUT2D eigenvalue weighted by atomic mass is 9.84. The van der Waals surface area contributed by atoms with Crippen molar-refractivity contribution in [3.8, 4) is 0 Å². The molecule has 70 valence electrons. The fourth-order valence-corrected chi connectivity index (χ4v) is 1.63. The van der Waals surface area contributed by atoms with E-state index in [1.807, 2.05) is 6.92 Å². The van der Waals surface area contributed by atoms with Crippen LogP contribution in [-0.4, -0.2) is 23.7 Å². The molecule has 1 saturated heterocycles. The second kappa shape index (κ2) is 3.90. The Labute approximate surface area is 73.2 Å². The topological polar surface area (TPSA) is 49.3 Å². The summed E-state index contributed by atoms with van der Waals surface area (Å²) in [5.74, 6) is 0.193. The summed E-state index contributed by atoms with van der Waals surface area (Å²) in [6, 6.07) is 0. The van der Waals surface area contributed by atoms with Gasteiger partial charge in [-0.3, -0.25) is 4.79 Å². The maximum Gasteiger partial charge on any atom is 0.223 e. The van der Waals surface area contributed by atoms with Gasteiger partial charge in [0, 0.05) is 12.5 Å². The highest BCUT2D eigenvalue weighted by Gasteiger charge is 2.29. The van der Waals surface area contributed by atoms with E-state index >= 15 is 0 Å². The summed E-state index contributed by atoms with van der Waals surface area (Å²) >= 11 is 0. The lowest BCUT2D eigenvalue weighted by Crippen LogP contribution is -2.41. The van der Waals surface area contributed by atoms with Crippen molar-refractivity contribution in [1.82, 2.24) is 5.32 Å². The molecule has 1 amide bonds. The Kier molecular flexibility index (Phi) is 3.09. The van der Waals surface area contributed by atoms with Gasteiger partial charge in [0.05, 0.1) is 6.10 Å². The highest BCUT2D eigenvalue weighted by atomic mass is 16.3. The predicted molar refractivity (Wildman–Crippen MR) is 46.6 cm³/mol. The standard InChI is InChI=1S/C9H17NO2/c1-6(7(2)11)8-4-3-5-10-9(8)12/h6-8,11H,3-5H2,1-2H3,(H,10,12). The highest BCUT2D eigenvalue weighted by molar-refractivity contribution is 5.79. The molecule has 12 heavy (non-hydrogen) atoms. The molecular formula is C9H17NO2. The summed E-state index contributed by atoms with van der Waals surface area (Å²) in [6.45, 7) is 4.47. The van der Waals surface area contributed by atoms with Gasteiger partial charge in [-0.05, 0) is 25.7 Å². The van der Waals surface area contributed by atoms with Gasteiger partial charge >= 0.3 is 0 Å². The van der Waals surface area contributed by atoms with Crippen molar-refractivity contribution in [3.63, 3.8) is 0 Å². The minimum atomic E-state index is -0.390. The molecule has 3 atom stereocenters. The van der Waals surface area contributed by atoms with Crippen LogP contribution in [0.1, 0.15) is 26.7 Å². The van der Waals surface area contributed by atoms with Gasteiger partial charge in [0.25, 0.3) is 0 Å². The first-order chi connectivity index (χ1) is 5.63. The summed E-state index contributed by atoms with van der Waals surface area (Å²) in [5.41, 5.74) is 0. The monoisotopic (exact) mass is 171 g/mol. The Morgan fingerprint density at radius 1 is 1.58 bits per heavy atom. The molecule has 0 radical (unpaired) electrons. The van der Waals surface area contributed by atoms with Crippen molar-refractivity contribution < 1.29 is 9.90 Å². The van der Waals surface area contributed by atoms with Crippen LogP contribution in [0.3, 0.4) is 0 Å². The first kappa shape index (κ1) is 9.52. The van der Waals surface area contributed by atoms with E-state index in [4.69, 9.17) is 0 Å². The first-order valence-corrected chi connectivity index (χ1v) is 4.58. The largest absolute Gasteiger partial charge is 0.393 e. The molecule has 0 saturated carbocycles. The number of hydrogen-bond acceptors (Lipinski definition) is 2. The van der Waals surface area contributed by atoms with Crippen molar-refractivity contribution in [3.05, 3.63) is 0 Å². The fourth-order valence-electron chi connectivity index (χ4n) is 1.63. The van der Waals surface area contributed by atoms with Crippen LogP contribution < -0.4 is 5.32 Å². The summed E-state index contributed by atoms with van der Waals surface area (Å²) in [7, 11) is 0. The van der Waals surface area contributed by atoms with E-state index in [-0.39, 0.29) is 23.8 Å². The van der Waals surface area contributed by atoms with E-state index in [0.29, 0.717) is 0 Å². The second-order valence-corrected chi connectivity index (χ2v) is 3.64. The van der Waals surface area contributed by atoms with Crippen molar-refractivity contribution >= 4 is 5.91 Å². The smallest absolute Gasteiger partial charge is 0.223 e. The van der Waals surface area contributed by atoms with Gasteiger partial charge in [-0.15, -0.1) is 0 Å². The number of piperidine rings is 1. The summed E-state index contributed by atoms with van der Waals surface area (Å²) in [6.07, 6.45) is 1.56. The van der Waals surface area contributed by atoms with Gasteiger partial charge in [-0.25, -0.2) is 0 Å². The van der Waals surface area contributed by atoms with E-state index < -0.39 is 0 Å². The van der Waals surface area contributed by atoms with Gasteiger partial charge in [0.1, 0.15) is 0 Å². The SMILES string of the molecule is CC(O)C(C)C1CCCNC1=O. The number of carbonyl (C=O) groups excluding carboxylic acids is 1. The van der Waals surface area contributed by atoms with Crippen LogP contribution in [0.2, 0.25) is 0 Å². The lowest BCUT2D eigenvalue weighted by molar-refractivity contribution is -0.129. The average molecular weight is 171 g/mol. The van der Waals surface area contributed by atoms with Crippen LogP contribution in [0.15, 0.2) is 0 Å². The van der Waals surface area contributed by atoms with Crippen LogP contribution in [0.25, 0.3) is 0 Å². The molecule has 1 fully saturated rings. The Morgan fingerprint density at radius 2 is 2.25 bits per heavy atom. The van der Waals surface area contributed by atoms with Crippen molar-refractivity contribution in [2.24, 2.45) is 11.8 Å². The minimum absolute atomic E-state index is 0.0127. The maximum atomic E-state index is 11.3. The first-order valence-electron chi connectivity index (χ1n) is 4.58. The Balaban J connectivity index is 2.53. The number of aliphatic hydroxyl groups excluding tert-OH is 1. The lowest BCUT2D eigenvalue weighted by Gasteiger charge is -2.28. The highest BCUT2D eigenvalue weighted by Crippen LogP contribution is 2.23. The molecule has 3 nitrogen and oxygen atoms in total. The van der Waals surface area contributed by atoms with E-state index in [2.05, 4.69) is 5.32 Å². The molecule has 0 aliphatic carbocycles. The fraction of sp³-hybridized carbons (Fsp3) is 0.889. The van der Waals surface area contributed by atoms with Crippen molar-refractivity contribution in [2.45, 2.75) is 32.8 Å². The molecule has 1 aliphatic rings. The Hall–Kier alpha value is -0.570. The van der Waals surface area contributed by atoms with E-state index in [1.54, 1.807) is 6.92 Å². The number of aliphatic hydroxyl groups is 1. The molecule has 0 aromatic carbocycles. The van der Waals surface area contributed by atoms with Gasteiger partial charge < -0.3 is 10.4 Å². The van der Waals surface area contributed by atoms with Crippen LogP contribution in [0, 0.1) is 11.8 Å². The number of amides is 1. The Morgan fingerprint density at radius 3 is 2.75 bits per heavy atom. The third-order valence-corrected chi connectivity index (χ3v) is 2.72. The molecule has 0 aromatic heterocycles. The minimum Gasteiger partial charge on any atom is -0.393 e.